The summed E-state index contributed by atoms with van der Waals surface area (Å²) < 4.78 is 52.7. The normalized spacial score (nSPS) is 28.1. The van der Waals surface area contributed by atoms with Crippen molar-refractivity contribution < 1.29 is 22.4 Å². The Kier molecular flexibility index (Phi) is 5.26. The highest BCUT2D eigenvalue weighted by molar-refractivity contribution is 5.78. The van der Waals surface area contributed by atoms with Crippen molar-refractivity contribution in [2.75, 3.05) is 0 Å². The molecule has 0 unspecified atom stereocenters. The molecule has 4 N–H and O–H groups in total. The molecule has 1 aromatic heterocycles. The average Bonchev–Trinajstić information content (AvgIpc) is 3.45. The first-order valence-electron chi connectivity index (χ1n) is 12.8. The Morgan fingerprint density at radius 3 is 2.43 bits per heavy atom. The number of aromatic nitrogens is 2. The largest absolute Gasteiger partial charge is 0.349 e. The van der Waals surface area contributed by atoms with Crippen LogP contribution in [0, 0.1) is 23.2 Å². The summed E-state index contributed by atoms with van der Waals surface area (Å²) >= 11 is 0. The summed E-state index contributed by atoms with van der Waals surface area (Å²) in [5.41, 5.74) is 8.88. The van der Waals surface area contributed by atoms with Gasteiger partial charge in [0.05, 0.1) is 23.1 Å². The molecule has 190 valence electrons. The van der Waals surface area contributed by atoms with E-state index >= 15 is 0 Å². The van der Waals surface area contributed by atoms with E-state index in [1.807, 2.05) is 18.2 Å². The number of alkyl halides is 4. The van der Waals surface area contributed by atoms with Crippen LogP contribution in [0.1, 0.15) is 87.7 Å². The lowest BCUT2D eigenvalue weighted by molar-refractivity contribution is -0.207. The molecular weight excluding hydrogens is 460 g/mol. The number of hydrogen-bond donors (Lipinski definition) is 3. The van der Waals surface area contributed by atoms with Crippen molar-refractivity contribution in [3.8, 4) is 0 Å². The minimum atomic E-state index is -2.61. The number of aromatic amines is 1. The molecule has 35 heavy (non-hydrogen) atoms. The van der Waals surface area contributed by atoms with Gasteiger partial charge in [-0.25, -0.2) is 22.5 Å². The van der Waals surface area contributed by atoms with Crippen molar-refractivity contribution in [1.29, 1.82) is 0 Å². The number of fused-ring (bicyclic) bond motifs is 1. The van der Waals surface area contributed by atoms with Gasteiger partial charge in [0, 0.05) is 32.1 Å². The molecule has 2 aromatic rings. The molecule has 4 fully saturated rings. The maximum Gasteiger partial charge on any atom is 0.249 e. The summed E-state index contributed by atoms with van der Waals surface area (Å²) in [6.07, 6.45) is 4.19. The Balaban J connectivity index is 1.08. The number of benzene rings is 1. The molecular formula is C26H32F4N4O. The third-order valence-corrected chi connectivity index (χ3v) is 8.59. The number of rotatable bonds is 8. The van der Waals surface area contributed by atoms with Crippen molar-refractivity contribution in [2.45, 2.75) is 88.1 Å². The molecule has 0 saturated heterocycles. The highest BCUT2D eigenvalue weighted by Gasteiger charge is 2.61. The van der Waals surface area contributed by atoms with Gasteiger partial charge in [0.1, 0.15) is 5.82 Å². The predicted octanol–water partition coefficient (Wildman–Crippen LogP) is 5.78. The second-order valence-electron chi connectivity index (χ2n) is 11.9. The minimum Gasteiger partial charge on any atom is -0.349 e. The number of nitrogens with one attached hydrogen (secondary N) is 2. The Morgan fingerprint density at radius 2 is 1.80 bits per heavy atom. The van der Waals surface area contributed by atoms with Crippen molar-refractivity contribution in [2.24, 2.45) is 28.9 Å². The molecule has 1 spiro atoms. The first-order valence-corrected chi connectivity index (χ1v) is 12.8. The Hall–Kier alpha value is -2.16. The lowest BCUT2D eigenvalue weighted by Crippen LogP contribution is -2.53. The standard InChI is InChI=1S/C26H32F4N4O/c27-25(28)10-15(11-25)6-21(35)34-22(16-1-2-16)17-3-4-19-20(7-17)33-23(32-19)18(31)5-14-8-24(9-14)12-26(29,30)13-24/h3-4,7,14-16,18,22H,1-2,5-6,8-13,31H2,(H,32,33)(H,34,35)/t18-,22+/m0/s1. The third-order valence-electron chi connectivity index (χ3n) is 8.59. The van der Waals surface area contributed by atoms with E-state index in [0.717, 1.165) is 48.7 Å². The molecule has 4 saturated carbocycles. The molecule has 1 aromatic carbocycles. The first kappa shape index (κ1) is 23.3. The summed E-state index contributed by atoms with van der Waals surface area (Å²) in [7, 11) is 0. The van der Waals surface area contributed by atoms with Crippen LogP contribution in [-0.2, 0) is 4.79 Å². The number of halogens is 4. The van der Waals surface area contributed by atoms with Gasteiger partial charge in [0.15, 0.2) is 0 Å². The van der Waals surface area contributed by atoms with Gasteiger partial charge in [-0.1, -0.05) is 6.07 Å². The molecule has 4 aliphatic carbocycles. The monoisotopic (exact) mass is 492 g/mol. The van der Waals surface area contributed by atoms with Crippen LogP contribution in [0.25, 0.3) is 11.0 Å². The minimum absolute atomic E-state index is 0.0188. The van der Waals surface area contributed by atoms with E-state index in [-0.39, 0.29) is 61.4 Å². The van der Waals surface area contributed by atoms with E-state index in [4.69, 9.17) is 5.73 Å². The lowest BCUT2D eigenvalue weighted by atomic mass is 9.49. The third kappa shape index (κ3) is 4.68. The number of imidazole rings is 1. The van der Waals surface area contributed by atoms with Crippen LogP contribution in [0.5, 0.6) is 0 Å². The highest BCUT2D eigenvalue weighted by atomic mass is 19.3. The number of carbonyl (C=O) groups is 1. The molecule has 1 amide bonds. The maximum atomic E-state index is 13.3. The van der Waals surface area contributed by atoms with Gasteiger partial charge < -0.3 is 16.0 Å². The second-order valence-corrected chi connectivity index (χ2v) is 11.9. The Labute approximate surface area is 201 Å². The number of nitrogens with two attached hydrogens (primary N) is 1. The van der Waals surface area contributed by atoms with Crippen LogP contribution in [0.3, 0.4) is 0 Å². The van der Waals surface area contributed by atoms with Gasteiger partial charge in [0.25, 0.3) is 0 Å². The molecule has 9 heteroatoms. The van der Waals surface area contributed by atoms with Crippen LogP contribution in [-0.4, -0.2) is 27.7 Å². The Bertz CT molecular complexity index is 1120. The van der Waals surface area contributed by atoms with Crippen molar-refractivity contribution in [3.05, 3.63) is 29.6 Å². The number of carbonyl (C=O) groups excluding carboxylic acids is 1. The van der Waals surface area contributed by atoms with Crippen LogP contribution in [0.2, 0.25) is 0 Å². The molecule has 0 aliphatic heterocycles. The fourth-order valence-corrected chi connectivity index (χ4v) is 6.88. The Morgan fingerprint density at radius 1 is 1.09 bits per heavy atom. The highest BCUT2D eigenvalue weighted by Crippen LogP contribution is 2.65. The van der Waals surface area contributed by atoms with E-state index in [1.54, 1.807) is 0 Å². The topological polar surface area (TPSA) is 83.8 Å². The van der Waals surface area contributed by atoms with E-state index in [9.17, 15) is 22.4 Å². The zero-order valence-electron chi connectivity index (χ0n) is 19.6. The summed E-state index contributed by atoms with van der Waals surface area (Å²) in [5, 5.41) is 3.09. The fraction of sp³-hybridized carbons (Fsp3) is 0.692. The zero-order chi connectivity index (χ0) is 24.6. The molecule has 6 rings (SSSR count). The van der Waals surface area contributed by atoms with Crippen molar-refractivity contribution in [3.63, 3.8) is 0 Å². The zero-order valence-corrected chi connectivity index (χ0v) is 19.6. The number of H-pyrrole nitrogens is 1. The number of amides is 1. The van der Waals surface area contributed by atoms with Gasteiger partial charge in [-0.15, -0.1) is 0 Å². The van der Waals surface area contributed by atoms with Crippen molar-refractivity contribution in [1.82, 2.24) is 15.3 Å². The summed E-state index contributed by atoms with van der Waals surface area (Å²) in [4.78, 5) is 20.5. The van der Waals surface area contributed by atoms with E-state index < -0.39 is 11.8 Å². The van der Waals surface area contributed by atoms with Gasteiger partial charge in [-0.3, -0.25) is 4.79 Å². The molecule has 5 nitrogen and oxygen atoms in total. The van der Waals surface area contributed by atoms with E-state index in [2.05, 4.69) is 15.3 Å². The van der Waals surface area contributed by atoms with Gasteiger partial charge >= 0.3 is 0 Å². The quantitative estimate of drug-likeness (QED) is 0.409. The SMILES string of the molecule is N[C@@H](CC1CC2(C1)CC(F)(F)C2)c1nc2ccc([C@H](NC(=O)CC3CC(F)(F)C3)C3CC3)cc2[nH]1. The lowest BCUT2D eigenvalue weighted by Gasteiger charge is -2.57. The smallest absolute Gasteiger partial charge is 0.249 e. The van der Waals surface area contributed by atoms with E-state index in [1.165, 1.54) is 0 Å². The first-order chi connectivity index (χ1) is 16.5. The van der Waals surface area contributed by atoms with Crippen LogP contribution >= 0.6 is 0 Å². The number of nitrogens with zero attached hydrogens (tertiary/aromatic N) is 1. The van der Waals surface area contributed by atoms with Gasteiger partial charge in [0.2, 0.25) is 17.8 Å². The van der Waals surface area contributed by atoms with Crippen LogP contribution < -0.4 is 11.1 Å². The predicted molar refractivity (Wildman–Crippen MR) is 123 cm³/mol. The van der Waals surface area contributed by atoms with Crippen molar-refractivity contribution >= 4 is 16.9 Å². The molecule has 0 radical (unpaired) electrons. The van der Waals surface area contributed by atoms with Crippen LogP contribution in [0.4, 0.5) is 17.6 Å². The molecule has 1 heterocycles. The average molecular weight is 493 g/mol. The summed E-state index contributed by atoms with van der Waals surface area (Å²) in [6, 6.07) is 5.45. The summed E-state index contributed by atoms with van der Waals surface area (Å²) in [6.45, 7) is 0. The fourth-order valence-electron chi connectivity index (χ4n) is 6.88. The molecule has 4 aliphatic rings. The summed E-state index contributed by atoms with van der Waals surface area (Å²) in [5.74, 6) is -4.10. The van der Waals surface area contributed by atoms with Gasteiger partial charge in [-0.2, -0.15) is 0 Å². The van der Waals surface area contributed by atoms with Gasteiger partial charge in [-0.05, 0) is 73.0 Å². The number of hydrogen-bond acceptors (Lipinski definition) is 3. The second kappa shape index (κ2) is 7.92. The molecule has 2 atom stereocenters. The van der Waals surface area contributed by atoms with Crippen LogP contribution in [0.15, 0.2) is 18.2 Å². The van der Waals surface area contributed by atoms with E-state index in [0.29, 0.717) is 17.7 Å². The maximum absolute atomic E-state index is 13.3. The molecule has 0 bridgehead atoms.